The van der Waals surface area contributed by atoms with Crippen LogP contribution in [0.3, 0.4) is 0 Å². The zero-order valence-corrected chi connectivity index (χ0v) is 11.8. The molecular formula is C13H17ClN4O. The number of pyridine rings is 1. The van der Waals surface area contributed by atoms with Crippen LogP contribution in [0.2, 0.25) is 0 Å². The summed E-state index contributed by atoms with van der Waals surface area (Å²) >= 11 is 0. The van der Waals surface area contributed by atoms with Gasteiger partial charge in [0.15, 0.2) is 0 Å². The molecule has 0 N–H and O–H groups in total. The molecule has 19 heavy (non-hydrogen) atoms. The monoisotopic (exact) mass is 280 g/mol. The van der Waals surface area contributed by atoms with Crippen molar-refractivity contribution in [1.29, 1.82) is 0 Å². The lowest BCUT2D eigenvalue weighted by Gasteiger charge is -2.11. The van der Waals surface area contributed by atoms with Crippen LogP contribution < -0.4 is 5.56 Å². The number of halogens is 1. The molecule has 102 valence electrons. The van der Waals surface area contributed by atoms with Crippen LogP contribution in [-0.4, -0.2) is 40.3 Å². The second-order valence-corrected chi connectivity index (χ2v) is 4.32. The Morgan fingerprint density at radius 2 is 1.84 bits per heavy atom. The number of rotatable bonds is 4. The van der Waals surface area contributed by atoms with Gasteiger partial charge in [-0.25, -0.2) is 4.68 Å². The average molecular weight is 281 g/mol. The molecule has 0 aliphatic rings. The van der Waals surface area contributed by atoms with Crippen LogP contribution in [0.15, 0.2) is 41.5 Å². The maximum atomic E-state index is 11.7. The molecule has 0 aliphatic carbocycles. The summed E-state index contributed by atoms with van der Waals surface area (Å²) in [6.45, 7) is 1.37. The van der Waals surface area contributed by atoms with E-state index in [-0.39, 0.29) is 18.0 Å². The molecule has 6 heteroatoms. The molecule has 2 rings (SSSR count). The van der Waals surface area contributed by atoms with Gasteiger partial charge in [0.25, 0.3) is 5.56 Å². The summed E-state index contributed by atoms with van der Waals surface area (Å²) in [4.78, 5) is 17.7. The zero-order valence-electron chi connectivity index (χ0n) is 11.0. The summed E-state index contributed by atoms with van der Waals surface area (Å²) in [5, 5.41) is 4.36. The molecule has 0 unspecified atom stereocenters. The Morgan fingerprint density at radius 3 is 2.47 bits per heavy atom. The fourth-order valence-corrected chi connectivity index (χ4v) is 1.58. The Hall–Kier alpha value is -1.72. The van der Waals surface area contributed by atoms with Crippen molar-refractivity contribution in [3.63, 3.8) is 0 Å². The van der Waals surface area contributed by atoms with Gasteiger partial charge in [0.05, 0.1) is 12.2 Å². The molecule has 0 fully saturated rings. The average Bonchev–Trinajstić information content (AvgIpc) is 2.38. The van der Waals surface area contributed by atoms with Crippen LogP contribution >= 0.6 is 12.4 Å². The minimum absolute atomic E-state index is 0. The van der Waals surface area contributed by atoms with Crippen molar-refractivity contribution in [3.05, 3.63) is 47.0 Å². The molecule has 2 aromatic rings. The second-order valence-electron chi connectivity index (χ2n) is 4.32. The van der Waals surface area contributed by atoms with Gasteiger partial charge in [-0.3, -0.25) is 9.78 Å². The van der Waals surface area contributed by atoms with Crippen molar-refractivity contribution < 1.29 is 0 Å². The van der Waals surface area contributed by atoms with Gasteiger partial charge in [0.1, 0.15) is 0 Å². The van der Waals surface area contributed by atoms with E-state index in [1.807, 2.05) is 31.1 Å². The van der Waals surface area contributed by atoms with E-state index in [9.17, 15) is 4.79 Å². The van der Waals surface area contributed by atoms with Gasteiger partial charge in [-0.05, 0) is 32.3 Å². The predicted octanol–water partition coefficient (Wildman–Crippen LogP) is 1.29. The smallest absolute Gasteiger partial charge is 0.266 e. The maximum Gasteiger partial charge on any atom is 0.266 e. The summed E-state index contributed by atoms with van der Waals surface area (Å²) < 4.78 is 1.50. The molecule has 5 nitrogen and oxygen atoms in total. The number of likely N-dealkylation sites (N-methyl/N-ethyl adjacent to an activating group) is 1. The molecule has 0 saturated heterocycles. The Kier molecular flexibility index (Phi) is 5.66. The van der Waals surface area contributed by atoms with E-state index in [1.54, 1.807) is 24.5 Å². The molecule has 0 radical (unpaired) electrons. The SMILES string of the molecule is CN(C)CCn1nc(-c2ccncc2)ccc1=O.Cl. The van der Waals surface area contributed by atoms with Gasteiger partial charge in [0.2, 0.25) is 0 Å². The molecule has 2 heterocycles. The Bertz CT molecular complexity index is 568. The predicted molar refractivity (Wildman–Crippen MR) is 77.5 cm³/mol. The summed E-state index contributed by atoms with van der Waals surface area (Å²) in [6, 6.07) is 7.05. The van der Waals surface area contributed by atoms with Gasteiger partial charge in [-0.15, -0.1) is 12.4 Å². The van der Waals surface area contributed by atoms with Crippen LogP contribution in [-0.2, 0) is 6.54 Å². The first-order valence-electron chi connectivity index (χ1n) is 5.80. The molecule has 0 atom stereocenters. The minimum atomic E-state index is -0.0744. The van der Waals surface area contributed by atoms with Crippen molar-refractivity contribution in [2.45, 2.75) is 6.54 Å². The number of nitrogens with zero attached hydrogens (tertiary/aromatic N) is 4. The third kappa shape index (κ3) is 4.15. The van der Waals surface area contributed by atoms with Crippen LogP contribution in [0.5, 0.6) is 0 Å². The summed E-state index contributed by atoms with van der Waals surface area (Å²) in [5.74, 6) is 0. The molecule has 0 saturated carbocycles. The van der Waals surface area contributed by atoms with Crippen molar-refractivity contribution in [2.75, 3.05) is 20.6 Å². The van der Waals surface area contributed by atoms with Crippen molar-refractivity contribution in [1.82, 2.24) is 19.7 Å². The highest BCUT2D eigenvalue weighted by Crippen LogP contribution is 2.12. The molecule has 0 bridgehead atoms. The minimum Gasteiger partial charge on any atom is -0.308 e. The van der Waals surface area contributed by atoms with E-state index in [4.69, 9.17) is 0 Å². The van der Waals surface area contributed by atoms with Crippen molar-refractivity contribution in [2.24, 2.45) is 0 Å². The zero-order chi connectivity index (χ0) is 13.0. The van der Waals surface area contributed by atoms with Crippen molar-refractivity contribution in [3.8, 4) is 11.3 Å². The highest BCUT2D eigenvalue weighted by Gasteiger charge is 2.03. The Morgan fingerprint density at radius 1 is 1.16 bits per heavy atom. The Labute approximate surface area is 118 Å². The van der Waals surface area contributed by atoms with E-state index in [2.05, 4.69) is 10.1 Å². The van der Waals surface area contributed by atoms with Gasteiger partial charge >= 0.3 is 0 Å². The van der Waals surface area contributed by atoms with E-state index in [0.717, 1.165) is 17.8 Å². The largest absolute Gasteiger partial charge is 0.308 e. The van der Waals surface area contributed by atoms with Crippen LogP contribution in [0.4, 0.5) is 0 Å². The van der Waals surface area contributed by atoms with Gasteiger partial charge in [-0.1, -0.05) is 0 Å². The van der Waals surface area contributed by atoms with E-state index in [0.29, 0.717) is 6.54 Å². The van der Waals surface area contributed by atoms with E-state index >= 15 is 0 Å². The summed E-state index contributed by atoms with van der Waals surface area (Å²) in [5.41, 5.74) is 1.68. The van der Waals surface area contributed by atoms with Crippen LogP contribution in [0.1, 0.15) is 0 Å². The second kappa shape index (κ2) is 7.01. The van der Waals surface area contributed by atoms with Gasteiger partial charge < -0.3 is 4.90 Å². The van der Waals surface area contributed by atoms with E-state index < -0.39 is 0 Å². The maximum absolute atomic E-state index is 11.7. The third-order valence-corrected chi connectivity index (χ3v) is 2.60. The van der Waals surface area contributed by atoms with Crippen LogP contribution in [0, 0.1) is 0 Å². The molecule has 2 aromatic heterocycles. The van der Waals surface area contributed by atoms with Crippen molar-refractivity contribution >= 4 is 12.4 Å². The summed E-state index contributed by atoms with van der Waals surface area (Å²) in [7, 11) is 3.94. The third-order valence-electron chi connectivity index (χ3n) is 2.60. The van der Waals surface area contributed by atoms with E-state index in [1.165, 1.54) is 4.68 Å². The first-order valence-corrected chi connectivity index (χ1v) is 5.80. The highest BCUT2D eigenvalue weighted by atomic mass is 35.5. The number of aromatic nitrogens is 3. The molecule has 0 aromatic carbocycles. The molecule has 0 amide bonds. The lowest BCUT2D eigenvalue weighted by molar-refractivity contribution is 0.368. The molecular weight excluding hydrogens is 264 g/mol. The standard InChI is InChI=1S/C13H16N4O.ClH/c1-16(2)9-10-17-13(18)4-3-12(15-17)11-5-7-14-8-6-11;/h3-8H,9-10H2,1-2H3;1H. The fourth-order valence-electron chi connectivity index (χ4n) is 1.58. The van der Waals surface area contributed by atoms with Gasteiger partial charge in [-0.2, -0.15) is 5.10 Å². The topological polar surface area (TPSA) is 51.0 Å². The first-order chi connectivity index (χ1) is 8.66. The summed E-state index contributed by atoms with van der Waals surface area (Å²) in [6.07, 6.45) is 3.43. The quantitative estimate of drug-likeness (QED) is 0.847. The highest BCUT2D eigenvalue weighted by molar-refractivity contribution is 5.85. The molecule has 0 spiro atoms. The lowest BCUT2D eigenvalue weighted by Crippen LogP contribution is -2.28. The van der Waals surface area contributed by atoms with Gasteiger partial charge in [0, 0.05) is 30.6 Å². The Balaban J connectivity index is 0.00000180. The normalized spacial score (nSPS) is 10.3. The van der Waals surface area contributed by atoms with Crippen LogP contribution in [0.25, 0.3) is 11.3 Å². The lowest BCUT2D eigenvalue weighted by atomic mass is 10.2. The molecule has 0 aliphatic heterocycles. The number of hydrogen-bond acceptors (Lipinski definition) is 4. The first kappa shape index (κ1) is 15.3. The number of hydrogen-bond donors (Lipinski definition) is 0. The fraction of sp³-hybridized carbons (Fsp3) is 0.308.